The van der Waals surface area contributed by atoms with Gasteiger partial charge in [0.1, 0.15) is 0 Å². The molecule has 0 saturated carbocycles. The van der Waals surface area contributed by atoms with E-state index in [1.165, 1.54) is 17.5 Å². The SMILES string of the molecule is CC1CCC(Nc2ccccc2Cl)c2ccccc21. The van der Waals surface area contributed by atoms with Crippen LogP contribution in [0.1, 0.15) is 42.9 Å². The van der Waals surface area contributed by atoms with Gasteiger partial charge in [-0.25, -0.2) is 0 Å². The van der Waals surface area contributed by atoms with Crippen molar-refractivity contribution in [3.05, 3.63) is 64.7 Å². The quantitative estimate of drug-likeness (QED) is 0.772. The summed E-state index contributed by atoms with van der Waals surface area (Å²) in [5, 5.41) is 4.38. The van der Waals surface area contributed by atoms with E-state index < -0.39 is 0 Å². The molecule has 0 amide bonds. The lowest BCUT2D eigenvalue weighted by molar-refractivity contribution is 0.535. The molecule has 2 aromatic rings. The topological polar surface area (TPSA) is 12.0 Å². The summed E-state index contributed by atoms with van der Waals surface area (Å²) < 4.78 is 0. The molecule has 1 aliphatic rings. The fraction of sp³-hybridized carbons (Fsp3) is 0.294. The highest BCUT2D eigenvalue weighted by atomic mass is 35.5. The third kappa shape index (κ3) is 2.48. The Labute approximate surface area is 119 Å². The average molecular weight is 272 g/mol. The van der Waals surface area contributed by atoms with Gasteiger partial charge in [0.05, 0.1) is 16.8 Å². The molecular formula is C17H18ClN. The lowest BCUT2D eigenvalue weighted by atomic mass is 9.81. The van der Waals surface area contributed by atoms with E-state index in [4.69, 9.17) is 11.6 Å². The van der Waals surface area contributed by atoms with Crippen molar-refractivity contribution < 1.29 is 0 Å². The van der Waals surface area contributed by atoms with Gasteiger partial charge in [0.25, 0.3) is 0 Å². The molecule has 1 nitrogen and oxygen atoms in total. The van der Waals surface area contributed by atoms with Crippen molar-refractivity contribution in [2.45, 2.75) is 31.7 Å². The predicted octanol–water partition coefficient (Wildman–Crippen LogP) is 5.39. The summed E-state index contributed by atoms with van der Waals surface area (Å²) in [6.45, 7) is 2.31. The van der Waals surface area contributed by atoms with Gasteiger partial charge in [-0.2, -0.15) is 0 Å². The van der Waals surface area contributed by atoms with Crippen LogP contribution in [-0.2, 0) is 0 Å². The first-order valence-electron chi connectivity index (χ1n) is 6.85. The second-order valence-corrected chi connectivity index (χ2v) is 5.69. The molecule has 0 heterocycles. The van der Waals surface area contributed by atoms with Crippen LogP contribution in [-0.4, -0.2) is 0 Å². The number of hydrogen-bond donors (Lipinski definition) is 1. The molecule has 0 saturated heterocycles. The fourth-order valence-corrected chi connectivity index (χ4v) is 3.11. The van der Waals surface area contributed by atoms with E-state index in [-0.39, 0.29) is 0 Å². The summed E-state index contributed by atoms with van der Waals surface area (Å²) in [5.74, 6) is 0.653. The number of benzene rings is 2. The monoisotopic (exact) mass is 271 g/mol. The molecular weight excluding hydrogens is 254 g/mol. The second-order valence-electron chi connectivity index (χ2n) is 5.28. The maximum absolute atomic E-state index is 6.24. The van der Waals surface area contributed by atoms with Crippen LogP contribution in [0.25, 0.3) is 0 Å². The molecule has 0 spiro atoms. The molecule has 0 bridgehead atoms. The van der Waals surface area contributed by atoms with E-state index in [9.17, 15) is 0 Å². The van der Waals surface area contributed by atoms with Gasteiger partial charge in [-0.05, 0) is 42.0 Å². The number of halogens is 1. The highest BCUT2D eigenvalue weighted by Crippen LogP contribution is 2.39. The van der Waals surface area contributed by atoms with Crippen LogP contribution >= 0.6 is 11.6 Å². The molecule has 1 N–H and O–H groups in total. The van der Waals surface area contributed by atoms with Gasteiger partial charge in [-0.3, -0.25) is 0 Å². The zero-order valence-corrected chi connectivity index (χ0v) is 11.8. The Kier molecular flexibility index (Phi) is 3.48. The lowest BCUT2D eigenvalue weighted by Gasteiger charge is -2.31. The third-order valence-electron chi connectivity index (χ3n) is 3.99. The number of hydrogen-bond acceptors (Lipinski definition) is 1. The molecule has 0 radical (unpaired) electrons. The van der Waals surface area contributed by atoms with Crippen molar-refractivity contribution in [2.75, 3.05) is 5.32 Å². The Balaban J connectivity index is 1.91. The number of rotatable bonds is 2. The largest absolute Gasteiger partial charge is 0.377 e. The van der Waals surface area contributed by atoms with Crippen molar-refractivity contribution in [1.82, 2.24) is 0 Å². The molecule has 98 valence electrons. The van der Waals surface area contributed by atoms with Gasteiger partial charge in [-0.1, -0.05) is 54.9 Å². The summed E-state index contributed by atoms with van der Waals surface area (Å²) >= 11 is 6.24. The molecule has 19 heavy (non-hydrogen) atoms. The summed E-state index contributed by atoms with van der Waals surface area (Å²) in [5.41, 5.74) is 3.91. The standard InChI is InChI=1S/C17H18ClN/c1-12-10-11-16(14-7-3-2-6-13(12)14)19-17-9-5-4-8-15(17)18/h2-9,12,16,19H,10-11H2,1H3. The zero-order chi connectivity index (χ0) is 13.2. The minimum absolute atomic E-state index is 0.368. The van der Waals surface area contributed by atoms with Gasteiger partial charge >= 0.3 is 0 Å². The Hall–Kier alpha value is -1.47. The molecule has 2 atom stereocenters. The molecule has 3 rings (SSSR count). The summed E-state index contributed by atoms with van der Waals surface area (Å²) in [7, 11) is 0. The van der Waals surface area contributed by atoms with Crippen molar-refractivity contribution in [1.29, 1.82) is 0 Å². The normalized spacial score (nSPS) is 21.8. The minimum Gasteiger partial charge on any atom is -0.377 e. The molecule has 0 aliphatic heterocycles. The Morgan fingerprint density at radius 3 is 2.42 bits per heavy atom. The molecule has 1 aliphatic carbocycles. The van der Waals surface area contributed by atoms with Crippen molar-refractivity contribution in [3.8, 4) is 0 Å². The van der Waals surface area contributed by atoms with Crippen LogP contribution in [0.5, 0.6) is 0 Å². The summed E-state index contributed by atoms with van der Waals surface area (Å²) in [6.07, 6.45) is 2.38. The predicted molar refractivity (Wildman–Crippen MR) is 81.9 cm³/mol. The van der Waals surface area contributed by atoms with Crippen LogP contribution in [0.2, 0.25) is 5.02 Å². The number of nitrogens with one attached hydrogen (secondary N) is 1. The Bertz CT molecular complexity index is 579. The first-order valence-corrected chi connectivity index (χ1v) is 7.23. The average Bonchev–Trinajstić information content (AvgIpc) is 2.44. The number of fused-ring (bicyclic) bond motifs is 1. The number of para-hydroxylation sites is 1. The maximum atomic E-state index is 6.24. The molecule has 2 unspecified atom stereocenters. The summed E-state index contributed by atoms with van der Waals surface area (Å²) in [6, 6.07) is 17.1. The van der Waals surface area contributed by atoms with Crippen LogP contribution in [0.15, 0.2) is 48.5 Å². The minimum atomic E-state index is 0.368. The van der Waals surface area contributed by atoms with E-state index in [0.29, 0.717) is 12.0 Å². The maximum Gasteiger partial charge on any atom is 0.0637 e. The van der Waals surface area contributed by atoms with E-state index in [2.05, 4.69) is 36.5 Å². The lowest BCUT2D eigenvalue weighted by Crippen LogP contribution is -2.19. The van der Waals surface area contributed by atoms with Gasteiger partial charge in [-0.15, -0.1) is 0 Å². The van der Waals surface area contributed by atoms with Gasteiger partial charge in [0, 0.05) is 0 Å². The molecule has 0 fully saturated rings. The van der Waals surface area contributed by atoms with Crippen LogP contribution in [0.4, 0.5) is 5.69 Å². The molecule has 0 aromatic heterocycles. The van der Waals surface area contributed by atoms with E-state index in [1.54, 1.807) is 0 Å². The first-order chi connectivity index (χ1) is 9.25. The highest BCUT2D eigenvalue weighted by Gasteiger charge is 2.24. The fourth-order valence-electron chi connectivity index (χ4n) is 2.92. The second kappa shape index (κ2) is 5.26. The van der Waals surface area contributed by atoms with Crippen LogP contribution < -0.4 is 5.32 Å². The molecule has 2 aromatic carbocycles. The van der Waals surface area contributed by atoms with E-state index in [1.807, 2.05) is 24.3 Å². The van der Waals surface area contributed by atoms with Crippen molar-refractivity contribution in [2.24, 2.45) is 0 Å². The molecule has 2 heteroatoms. The van der Waals surface area contributed by atoms with Gasteiger partial charge in [0.15, 0.2) is 0 Å². The van der Waals surface area contributed by atoms with E-state index in [0.717, 1.165) is 17.1 Å². The Morgan fingerprint density at radius 2 is 1.63 bits per heavy atom. The number of anilines is 1. The van der Waals surface area contributed by atoms with Crippen molar-refractivity contribution in [3.63, 3.8) is 0 Å². The van der Waals surface area contributed by atoms with Gasteiger partial charge < -0.3 is 5.32 Å². The van der Waals surface area contributed by atoms with Crippen LogP contribution in [0, 0.1) is 0 Å². The van der Waals surface area contributed by atoms with E-state index >= 15 is 0 Å². The van der Waals surface area contributed by atoms with Gasteiger partial charge in [0.2, 0.25) is 0 Å². The Morgan fingerprint density at radius 1 is 0.947 bits per heavy atom. The smallest absolute Gasteiger partial charge is 0.0637 e. The summed E-state index contributed by atoms with van der Waals surface area (Å²) in [4.78, 5) is 0. The zero-order valence-electron chi connectivity index (χ0n) is 11.1. The highest BCUT2D eigenvalue weighted by molar-refractivity contribution is 6.33. The van der Waals surface area contributed by atoms with Crippen LogP contribution in [0.3, 0.4) is 0 Å². The first kappa shape index (κ1) is 12.6. The third-order valence-corrected chi connectivity index (χ3v) is 4.32. The van der Waals surface area contributed by atoms with Crippen molar-refractivity contribution >= 4 is 17.3 Å².